The van der Waals surface area contributed by atoms with Crippen LogP contribution in [0.2, 0.25) is 0 Å². The first-order valence-electron chi connectivity index (χ1n) is 7.32. The third-order valence-corrected chi connectivity index (χ3v) is 6.00. The van der Waals surface area contributed by atoms with Gasteiger partial charge in [-0.05, 0) is 25.0 Å². The van der Waals surface area contributed by atoms with Crippen LogP contribution in [0.15, 0.2) is 35.2 Å². The molecular formula is C16H22O3S. The Balaban J connectivity index is 2.21. The quantitative estimate of drug-likeness (QED) is 0.755. The predicted octanol–water partition coefficient (Wildman–Crippen LogP) is 3.45. The topological polar surface area (TPSA) is 43.4 Å². The van der Waals surface area contributed by atoms with Gasteiger partial charge < -0.3 is 4.74 Å². The normalized spacial score (nSPS) is 27.3. The molecular weight excluding hydrogens is 272 g/mol. The molecule has 20 heavy (non-hydrogen) atoms. The first kappa shape index (κ1) is 15.2. The van der Waals surface area contributed by atoms with Crippen LogP contribution in [0.25, 0.3) is 0 Å². The number of carbonyl (C=O) groups excluding carboxylic acids is 1. The van der Waals surface area contributed by atoms with Crippen LogP contribution in [-0.4, -0.2) is 21.0 Å². The Morgan fingerprint density at radius 3 is 2.60 bits per heavy atom. The van der Waals surface area contributed by atoms with Gasteiger partial charge in [-0.2, -0.15) is 0 Å². The molecule has 0 spiro atoms. The first-order chi connectivity index (χ1) is 9.64. The molecule has 4 heteroatoms. The maximum absolute atomic E-state index is 12.8. The molecule has 1 saturated heterocycles. The molecule has 0 aliphatic carbocycles. The monoisotopic (exact) mass is 294 g/mol. The van der Waals surface area contributed by atoms with E-state index in [-0.39, 0.29) is 12.1 Å². The van der Waals surface area contributed by atoms with Gasteiger partial charge in [0.15, 0.2) is 4.75 Å². The SMILES string of the molecule is CCCCC1CC(CC)(S(=O)c2ccccc2)C(=O)O1. The Hall–Kier alpha value is -1.16. The summed E-state index contributed by atoms with van der Waals surface area (Å²) in [6, 6.07) is 9.23. The van der Waals surface area contributed by atoms with Gasteiger partial charge in [-0.1, -0.05) is 44.9 Å². The molecule has 0 N–H and O–H groups in total. The average molecular weight is 294 g/mol. The second-order valence-electron chi connectivity index (χ2n) is 5.30. The number of ether oxygens (including phenoxy) is 1. The van der Waals surface area contributed by atoms with E-state index < -0.39 is 15.5 Å². The second-order valence-corrected chi connectivity index (χ2v) is 7.09. The fourth-order valence-electron chi connectivity index (χ4n) is 2.69. The Morgan fingerprint density at radius 2 is 2.00 bits per heavy atom. The van der Waals surface area contributed by atoms with Gasteiger partial charge in [-0.3, -0.25) is 9.00 Å². The zero-order chi connectivity index (χ0) is 14.6. The van der Waals surface area contributed by atoms with Crippen molar-refractivity contribution in [2.24, 2.45) is 0 Å². The summed E-state index contributed by atoms with van der Waals surface area (Å²) in [4.78, 5) is 13.0. The van der Waals surface area contributed by atoms with Crippen molar-refractivity contribution in [2.75, 3.05) is 0 Å². The van der Waals surface area contributed by atoms with Gasteiger partial charge in [-0.15, -0.1) is 0 Å². The minimum absolute atomic E-state index is 0.0740. The highest BCUT2D eigenvalue weighted by molar-refractivity contribution is 7.87. The maximum Gasteiger partial charge on any atom is 0.325 e. The summed E-state index contributed by atoms with van der Waals surface area (Å²) in [6.07, 6.45) is 4.04. The smallest absolute Gasteiger partial charge is 0.325 e. The van der Waals surface area contributed by atoms with Crippen molar-refractivity contribution in [1.29, 1.82) is 0 Å². The number of hydrogen-bond donors (Lipinski definition) is 0. The Labute approximate surface area is 123 Å². The summed E-state index contributed by atoms with van der Waals surface area (Å²) < 4.78 is 17.5. The van der Waals surface area contributed by atoms with Crippen LogP contribution in [0, 0.1) is 0 Å². The van der Waals surface area contributed by atoms with Crippen LogP contribution in [0.5, 0.6) is 0 Å². The average Bonchev–Trinajstić information content (AvgIpc) is 2.82. The van der Waals surface area contributed by atoms with Gasteiger partial charge in [0.2, 0.25) is 0 Å². The first-order valence-corrected chi connectivity index (χ1v) is 8.47. The lowest BCUT2D eigenvalue weighted by Crippen LogP contribution is -2.38. The molecule has 3 unspecified atom stereocenters. The number of cyclic esters (lactones) is 1. The van der Waals surface area contributed by atoms with Gasteiger partial charge >= 0.3 is 5.97 Å². The summed E-state index contributed by atoms with van der Waals surface area (Å²) >= 11 is 0. The van der Waals surface area contributed by atoms with E-state index >= 15 is 0 Å². The number of carbonyl (C=O) groups is 1. The molecule has 0 saturated carbocycles. The zero-order valence-electron chi connectivity index (χ0n) is 12.1. The summed E-state index contributed by atoms with van der Waals surface area (Å²) in [5.74, 6) is -0.289. The van der Waals surface area contributed by atoms with Crippen molar-refractivity contribution >= 4 is 16.8 Å². The molecule has 3 nitrogen and oxygen atoms in total. The van der Waals surface area contributed by atoms with Crippen LogP contribution in [0.4, 0.5) is 0 Å². The second kappa shape index (κ2) is 6.53. The molecule has 1 aromatic carbocycles. The van der Waals surface area contributed by atoms with E-state index in [0.717, 1.165) is 19.3 Å². The van der Waals surface area contributed by atoms with E-state index in [1.54, 1.807) is 0 Å². The molecule has 1 aromatic rings. The molecule has 0 amide bonds. The van der Waals surface area contributed by atoms with Gasteiger partial charge in [0, 0.05) is 11.3 Å². The maximum atomic E-state index is 12.8. The van der Waals surface area contributed by atoms with Crippen molar-refractivity contribution in [3.63, 3.8) is 0 Å². The molecule has 110 valence electrons. The van der Waals surface area contributed by atoms with E-state index in [1.807, 2.05) is 37.3 Å². The lowest BCUT2D eigenvalue weighted by Gasteiger charge is -2.22. The van der Waals surface area contributed by atoms with Crippen LogP contribution in [-0.2, 0) is 20.3 Å². The number of unbranched alkanes of at least 4 members (excludes halogenated alkanes) is 1. The van der Waals surface area contributed by atoms with Crippen molar-refractivity contribution in [3.8, 4) is 0 Å². The summed E-state index contributed by atoms with van der Waals surface area (Å²) in [5.41, 5.74) is 0. The van der Waals surface area contributed by atoms with Gasteiger partial charge in [0.1, 0.15) is 6.10 Å². The Morgan fingerprint density at radius 1 is 1.30 bits per heavy atom. The third kappa shape index (κ3) is 2.80. The molecule has 0 aromatic heterocycles. The van der Waals surface area contributed by atoms with Crippen molar-refractivity contribution in [2.45, 2.75) is 61.7 Å². The standard InChI is InChI=1S/C16H22O3S/c1-3-5-9-13-12-16(4-2,15(17)19-13)20(18)14-10-7-6-8-11-14/h6-8,10-11,13H,3-5,9,12H2,1-2H3. The summed E-state index contributed by atoms with van der Waals surface area (Å²) in [6.45, 7) is 4.04. The number of hydrogen-bond acceptors (Lipinski definition) is 3. The highest BCUT2D eigenvalue weighted by Crippen LogP contribution is 2.38. The predicted molar refractivity (Wildman–Crippen MR) is 79.9 cm³/mol. The highest BCUT2D eigenvalue weighted by Gasteiger charge is 2.52. The van der Waals surface area contributed by atoms with Gasteiger partial charge in [-0.25, -0.2) is 0 Å². The Kier molecular flexibility index (Phi) is 4.97. The third-order valence-electron chi connectivity index (χ3n) is 3.97. The molecule has 3 atom stereocenters. The fraction of sp³-hybridized carbons (Fsp3) is 0.562. The van der Waals surface area contributed by atoms with Gasteiger partial charge in [0.05, 0.1) is 10.8 Å². The molecule has 1 heterocycles. The summed E-state index contributed by atoms with van der Waals surface area (Å²) in [5, 5.41) is 0. The lowest BCUT2D eigenvalue weighted by atomic mass is 9.98. The van der Waals surface area contributed by atoms with Crippen LogP contribution in [0.3, 0.4) is 0 Å². The molecule has 0 bridgehead atoms. The number of rotatable bonds is 6. The largest absolute Gasteiger partial charge is 0.461 e. The van der Waals surface area contributed by atoms with Crippen molar-refractivity contribution in [1.82, 2.24) is 0 Å². The minimum atomic E-state index is -1.35. The molecule has 2 rings (SSSR count). The van der Waals surface area contributed by atoms with Crippen LogP contribution in [0.1, 0.15) is 46.0 Å². The lowest BCUT2D eigenvalue weighted by molar-refractivity contribution is -0.143. The Bertz CT molecular complexity index is 486. The molecule has 1 fully saturated rings. The number of benzene rings is 1. The fourth-order valence-corrected chi connectivity index (χ4v) is 4.34. The van der Waals surface area contributed by atoms with E-state index in [4.69, 9.17) is 4.74 Å². The van der Waals surface area contributed by atoms with E-state index in [0.29, 0.717) is 17.7 Å². The number of esters is 1. The highest BCUT2D eigenvalue weighted by atomic mass is 32.2. The van der Waals surface area contributed by atoms with E-state index in [9.17, 15) is 9.00 Å². The van der Waals surface area contributed by atoms with Crippen molar-refractivity contribution in [3.05, 3.63) is 30.3 Å². The zero-order valence-corrected chi connectivity index (χ0v) is 12.9. The minimum Gasteiger partial charge on any atom is -0.461 e. The van der Waals surface area contributed by atoms with E-state index in [2.05, 4.69) is 6.92 Å². The molecule has 1 aliphatic heterocycles. The van der Waals surface area contributed by atoms with Crippen molar-refractivity contribution < 1.29 is 13.7 Å². The molecule has 0 radical (unpaired) electrons. The van der Waals surface area contributed by atoms with E-state index in [1.165, 1.54) is 0 Å². The van der Waals surface area contributed by atoms with Gasteiger partial charge in [0.25, 0.3) is 0 Å². The summed E-state index contributed by atoms with van der Waals surface area (Å²) in [7, 11) is -1.35. The van der Waals surface area contributed by atoms with Crippen LogP contribution < -0.4 is 0 Å². The van der Waals surface area contributed by atoms with Crippen LogP contribution >= 0.6 is 0 Å². The molecule has 1 aliphatic rings.